The molecule has 1 aromatic carbocycles. The molecule has 0 spiro atoms. The first-order valence-corrected chi connectivity index (χ1v) is 7.77. The third-order valence-electron chi connectivity index (χ3n) is 5.22. The van der Waals surface area contributed by atoms with E-state index in [0.29, 0.717) is 18.4 Å². The van der Waals surface area contributed by atoms with Crippen molar-refractivity contribution in [3.63, 3.8) is 0 Å². The topological polar surface area (TPSA) is 79.2 Å². The number of amides is 1. The van der Waals surface area contributed by atoms with Crippen LogP contribution >= 0.6 is 0 Å². The number of anilines is 1. The molecule has 6 nitrogen and oxygen atoms in total. The molecular formula is C16H22BNO5. The lowest BCUT2D eigenvalue weighted by Crippen LogP contribution is -2.49. The van der Waals surface area contributed by atoms with Crippen LogP contribution in [0.4, 0.5) is 5.69 Å². The smallest absolute Gasteiger partial charge is 0.402 e. The highest BCUT2D eigenvalue weighted by Crippen LogP contribution is 2.45. The van der Waals surface area contributed by atoms with Crippen molar-refractivity contribution in [3.8, 4) is 0 Å². The van der Waals surface area contributed by atoms with Gasteiger partial charge in [0, 0.05) is 19.2 Å². The summed E-state index contributed by atoms with van der Waals surface area (Å²) >= 11 is 0. The molecule has 2 N–H and O–H groups in total. The Morgan fingerprint density at radius 1 is 1.26 bits per heavy atom. The molecule has 0 aromatic heterocycles. The molecule has 1 fully saturated rings. The molecule has 0 bridgehead atoms. The quantitative estimate of drug-likeness (QED) is 0.801. The van der Waals surface area contributed by atoms with Gasteiger partial charge in [-0.25, -0.2) is 0 Å². The van der Waals surface area contributed by atoms with Gasteiger partial charge in [0.05, 0.1) is 5.60 Å². The van der Waals surface area contributed by atoms with E-state index in [1.54, 1.807) is 38.8 Å². The molecule has 2 aliphatic heterocycles. The summed E-state index contributed by atoms with van der Waals surface area (Å²) in [4.78, 5) is 13.4. The maximum absolute atomic E-state index is 11.8. The lowest BCUT2D eigenvalue weighted by molar-refractivity contribution is -0.118. The number of carbonyl (C=O) groups excluding carboxylic acids is 1. The highest BCUT2D eigenvalue weighted by atomic mass is 16.7. The van der Waals surface area contributed by atoms with Crippen LogP contribution in [0.15, 0.2) is 18.2 Å². The second-order valence-corrected chi connectivity index (χ2v) is 6.90. The molecule has 2 atom stereocenters. The Morgan fingerprint density at radius 2 is 1.96 bits per heavy atom. The lowest BCUT2D eigenvalue weighted by atomic mass is 9.79. The van der Waals surface area contributed by atoms with Crippen molar-refractivity contribution in [3.05, 3.63) is 29.3 Å². The van der Waals surface area contributed by atoms with Gasteiger partial charge in [-0.3, -0.25) is 4.79 Å². The molecule has 1 aromatic rings. The van der Waals surface area contributed by atoms with E-state index in [1.165, 1.54) is 0 Å². The van der Waals surface area contributed by atoms with E-state index in [0.717, 1.165) is 11.3 Å². The van der Waals surface area contributed by atoms with Crippen molar-refractivity contribution < 1.29 is 24.2 Å². The van der Waals surface area contributed by atoms with E-state index in [-0.39, 0.29) is 5.91 Å². The number of hydrogen-bond acceptors (Lipinski definition) is 5. The van der Waals surface area contributed by atoms with Crippen LogP contribution in [-0.2, 0) is 20.5 Å². The first-order chi connectivity index (χ1) is 10.7. The fourth-order valence-electron chi connectivity index (χ4n) is 3.30. The maximum Gasteiger partial charge on any atom is 0.637 e. The Hall–Kier alpha value is -1.41. The Labute approximate surface area is 136 Å². The molecule has 0 radical (unpaired) electrons. The van der Waals surface area contributed by atoms with Crippen molar-refractivity contribution in [2.75, 3.05) is 11.9 Å². The summed E-state index contributed by atoms with van der Waals surface area (Å²) < 4.78 is 10.9. The number of benzene rings is 1. The number of aliphatic hydroxyl groups excluding tert-OH is 1. The highest BCUT2D eigenvalue weighted by Gasteiger charge is 2.58. The molecule has 2 heterocycles. The first-order valence-electron chi connectivity index (χ1n) is 7.77. The van der Waals surface area contributed by atoms with Crippen LogP contribution in [0.5, 0.6) is 0 Å². The standard InChI is InChI=1S/C16H22BNO5/c1-15(2)16(3,23-17(21)22-15)14(20)11-5-7-12-10(9-11)6-8-13(19)18(12)4/h5,7,9,14,20-21H,6,8H2,1-4H3. The number of fused-ring (bicyclic) bond motifs is 1. The summed E-state index contributed by atoms with van der Waals surface area (Å²) in [6.45, 7) is 5.28. The molecule has 7 heteroatoms. The normalized spacial score (nSPS) is 28.0. The van der Waals surface area contributed by atoms with E-state index in [2.05, 4.69) is 0 Å². The zero-order chi connectivity index (χ0) is 17.0. The number of nitrogens with zero attached hydrogens (tertiary/aromatic N) is 1. The maximum atomic E-state index is 11.8. The van der Waals surface area contributed by atoms with Gasteiger partial charge >= 0.3 is 7.32 Å². The van der Waals surface area contributed by atoms with Gasteiger partial charge in [0.25, 0.3) is 0 Å². The summed E-state index contributed by atoms with van der Waals surface area (Å²) in [6, 6.07) is 5.53. The average molecular weight is 319 g/mol. The molecule has 23 heavy (non-hydrogen) atoms. The second-order valence-electron chi connectivity index (χ2n) is 6.90. The van der Waals surface area contributed by atoms with Crippen LogP contribution in [0.3, 0.4) is 0 Å². The van der Waals surface area contributed by atoms with Gasteiger partial charge in [0.2, 0.25) is 5.91 Å². The fraction of sp³-hybridized carbons (Fsp3) is 0.562. The fourth-order valence-corrected chi connectivity index (χ4v) is 3.30. The van der Waals surface area contributed by atoms with Gasteiger partial charge in [-0.15, -0.1) is 0 Å². The van der Waals surface area contributed by atoms with Crippen LogP contribution < -0.4 is 4.90 Å². The van der Waals surface area contributed by atoms with Crippen LogP contribution in [0.25, 0.3) is 0 Å². The van der Waals surface area contributed by atoms with Gasteiger partial charge < -0.3 is 24.3 Å². The zero-order valence-electron chi connectivity index (χ0n) is 13.9. The zero-order valence-corrected chi connectivity index (χ0v) is 13.9. The van der Waals surface area contributed by atoms with Crippen molar-refractivity contribution in [1.82, 2.24) is 0 Å². The predicted molar refractivity (Wildman–Crippen MR) is 85.8 cm³/mol. The Kier molecular flexibility index (Phi) is 3.80. The second kappa shape index (κ2) is 5.31. The molecule has 2 aliphatic rings. The van der Waals surface area contributed by atoms with E-state index < -0.39 is 24.6 Å². The molecule has 3 rings (SSSR count). The molecule has 124 valence electrons. The average Bonchev–Trinajstić information content (AvgIpc) is 2.70. The van der Waals surface area contributed by atoms with E-state index in [9.17, 15) is 14.9 Å². The Morgan fingerprint density at radius 3 is 2.57 bits per heavy atom. The van der Waals surface area contributed by atoms with Crippen molar-refractivity contribution >= 4 is 18.9 Å². The van der Waals surface area contributed by atoms with Gasteiger partial charge in [0.1, 0.15) is 11.7 Å². The molecule has 0 aliphatic carbocycles. The van der Waals surface area contributed by atoms with Crippen molar-refractivity contribution in [2.24, 2.45) is 0 Å². The SMILES string of the molecule is CN1C(=O)CCc2cc(C(O)C3(C)OB(O)OC3(C)C)ccc21. The largest absolute Gasteiger partial charge is 0.637 e. The minimum absolute atomic E-state index is 0.0922. The van der Waals surface area contributed by atoms with Gasteiger partial charge in [0.15, 0.2) is 0 Å². The minimum Gasteiger partial charge on any atom is -0.402 e. The first kappa shape index (κ1) is 16.5. The summed E-state index contributed by atoms with van der Waals surface area (Å²) in [5, 5.41) is 20.5. The molecule has 2 unspecified atom stereocenters. The van der Waals surface area contributed by atoms with Crippen LogP contribution in [0.1, 0.15) is 44.4 Å². The molecule has 0 saturated carbocycles. The van der Waals surface area contributed by atoms with Gasteiger partial charge in [-0.05, 0) is 44.4 Å². The van der Waals surface area contributed by atoms with Crippen molar-refractivity contribution in [2.45, 2.75) is 50.9 Å². The molecule has 1 amide bonds. The Balaban J connectivity index is 1.95. The lowest BCUT2D eigenvalue weighted by Gasteiger charge is -2.40. The number of aliphatic hydroxyl groups is 1. The van der Waals surface area contributed by atoms with Crippen LogP contribution in [0.2, 0.25) is 0 Å². The van der Waals surface area contributed by atoms with E-state index in [4.69, 9.17) is 9.31 Å². The summed E-state index contributed by atoms with van der Waals surface area (Å²) in [5.41, 5.74) is 0.625. The molecule has 1 saturated heterocycles. The van der Waals surface area contributed by atoms with Crippen LogP contribution in [0, 0.1) is 0 Å². The van der Waals surface area contributed by atoms with Crippen LogP contribution in [-0.4, -0.2) is 41.6 Å². The summed E-state index contributed by atoms with van der Waals surface area (Å²) in [5.74, 6) is 0.0922. The minimum atomic E-state index is -1.36. The predicted octanol–water partition coefficient (Wildman–Crippen LogP) is 1.19. The number of aryl methyl sites for hydroxylation is 1. The third kappa shape index (κ3) is 2.48. The highest BCUT2D eigenvalue weighted by molar-refractivity contribution is 6.35. The number of hydrogen-bond donors (Lipinski definition) is 2. The monoisotopic (exact) mass is 319 g/mol. The van der Waals surface area contributed by atoms with Crippen molar-refractivity contribution in [1.29, 1.82) is 0 Å². The Bertz CT molecular complexity index is 649. The third-order valence-corrected chi connectivity index (χ3v) is 5.22. The molecular weight excluding hydrogens is 297 g/mol. The summed E-state index contributed by atoms with van der Waals surface area (Å²) in [7, 11) is 0.400. The van der Waals surface area contributed by atoms with Gasteiger partial charge in [-0.2, -0.15) is 0 Å². The van der Waals surface area contributed by atoms with E-state index in [1.807, 2.05) is 12.1 Å². The van der Waals surface area contributed by atoms with Gasteiger partial charge in [-0.1, -0.05) is 12.1 Å². The number of carbonyl (C=O) groups is 1. The van der Waals surface area contributed by atoms with E-state index >= 15 is 0 Å². The summed E-state index contributed by atoms with van der Waals surface area (Å²) in [6.07, 6.45) is 0.145. The number of rotatable bonds is 2.